The Balaban J connectivity index is 2.15. The second kappa shape index (κ2) is 8.61. The third-order valence-electron chi connectivity index (χ3n) is 4.62. The fourth-order valence-corrected chi connectivity index (χ4v) is 4.69. The van der Waals surface area contributed by atoms with Gasteiger partial charge in [-0.05, 0) is 58.0 Å². The quantitative estimate of drug-likeness (QED) is 0.403. The summed E-state index contributed by atoms with van der Waals surface area (Å²) in [6, 6.07) is 23.3. The van der Waals surface area contributed by atoms with Gasteiger partial charge in [-0.2, -0.15) is 0 Å². The van der Waals surface area contributed by atoms with Crippen LogP contribution in [0, 0.1) is 0 Å². The molecule has 0 unspecified atom stereocenters. The molecule has 0 radical (unpaired) electrons. The van der Waals surface area contributed by atoms with E-state index in [1.165, 1.54) is 0 Å². The van der Waals surface area contributed by atoms with E-state index in [9.17, 15) is 4.79 Å². The Morgan fingerprint density at radius 2 is 1.25 bits per heavy atom. The number of hydrogen-bond acceptors (Lipinski definition) is 4. The van der Waals surface area contributed by atoms with E-state index < -0.39 is 0 Å². The van der Waals surface area contributed by atoms with E-state index in [0.29, 0.717) is 0 Å². The SMILES string of the molecule is CC(=O)c1sc(N(c2ccccc2)C(C)C)cc1N(c1ccccc1)C(C)C. The van der Waals surface area contributed by atoms with Gasteiger partial charge in [0.15, 0.2) is 5.78 Å². The molecular formula is C24H28N2OS. The van der Waals surface area contributed by atoms with Crippen LogP contribution in [-0.4, -0.2) is 17.9 Å². The minimum atomic E-state index is 0.101. The first-order chi connectivity index (χ1) is 13.4. The normalized spacial score (nSPS) is 11.1. The lowest BCUT2D eigenvalue weighted by molar-refractivity contribution is 0.102. The lowest BCUT2D eigenvalue weighted by Crippen LogP contribution is -2.26. The first kappa shape index (κ1) is 20.2. The molecule has 1 aromatic heterocycles. The molecule has 0 aliphatic carbocycles. The first-order valence-corrected chi connectivity index (χ1v) is 10.5. The molecule has 0 bridgehead atoms. The predicted molar refractivity (Wildman–Crippen MR) is 122 cm³/mol. The summed E-state index contributed by atoms with van der Waals surface area (Å²) in [7, 11) is 0. The van der Waals surface area contributed by atoms with Gasteiger partial charge in [0.25, 0.3) is 0 Å². The number of para-hydroxylation sites is 2. The smallest absolute Gasteiger partial charge is 0.171 e. The molecule has 0 saturated carbocycles. The van der Waals surface area contributed by atoms with Crippen LogP contribution < -0.4 is 9.80 Å². The number of carbonyl (C=O) groups is 1. The number of carbonyl (C=O) groups excluding carboxylic acids is 1. The minimum Gasteiger partial charge on any atom is -0.338 e. The highest BCUT2D eigenvalue weighted by atomic mass is 32.1. The van der Waals surface area contributed by atoms with Gasteiger partial charge in [-0.15, -0.1) is 11.3 Å². The van der Waals surface area contributed by atoms with Gasteiger partial charge in [0, 0.05) is 30.4 Å². The Morgan fingerprint density at radius 3 is 1.68 bits per heavy atom. The van der Waals surface area contributed by atoms with Crippen molar-refractivity contribution in [1.82, 2.24) is 0 Å². The van der Waals surface area contributed by atoms with Gasteiger partial charge in [0.2, 0.25) is 0 Å². The van der Waals surface area contributed by atoms with E-state index in [1.54, 1.807) is 18.3 Å². The van der Waals surface area contributed by atoms with Crippen LogP contribution in [0.15, 0.2) is 66.7 Å². The number of ketones is 1. The third kappa shape index (κ3) is 4.12. The van der Waals surface area contributed by atoms with Crippen LogP contribution in [0.5, 0.6) is 0 Å². The second-order valence-corrected chi connectivity index (χ2v) is 8.48. The minimum absolute atomic E-state index is 0.101. The molecule has 0 fully saturated rings. The average molecular weight is 393 g/mol. The van der Waals surface area contributed by atoms with Crippen molar-refractivity contribution in [3.05, 3.63) is 71.6 Å². The summed E-state index contributed by atoms with van der Waals surface area (Å²) in [6.45, 7) is 10.3. The Morgan fingerprint density at radius 1 is 0.786 bits per heavy atom. The summed E-state index contributed by atoms with van der Waals surface area (Å²) in [4.78, 5) is 17.9. The van der Waals surface area contributed by atoms with Crippen LogP contribution in [-0.2, 0) is 0 Å². The van der Waals surface area contributed by atoms with E-state index in [2.05, 4.69) is 80.0 Å². The lowest BCUT2D eigenvalue weighted by atomic mass is 10.1. The topological polar surface area (TPSA) is 23.6 Å². The van der Waals surface area contributed by atoms with Gasteiger partial charge in [-0.25, -0.2) is 0 Å². The zero-order valence-corrected chi connectivity index (χ0v) is 18.0. The standard InChI is InChI=1S/C24H28N2OS/c1-17(2)25(20-12-8-6-9-13-20)22-16-23(28-24(22)19(5)27)26(18(3)4)21-14-10-7-11-15-21/h6-18H,1-5H3. The van der Waals surface area contributed by atoms with Gasteiger partial charge >= 0.3 is 0 Å². The highest BCUT2D eigenvalue weighted by Gasteiger charge is 2.25. The number of rotatable bonds is 7. The molecule has 28 heavy (non-hydrogen) atoms. The van der Waals surface area contributed by atoms with Crippen LogP contribution in [0.4, 0.5) is 22.1 Å². The summed E-state index contributed by atoms with van der Waals surface area (Å²) in [6.07, 6.45) is 0. The predicted octanol–water partition coefficient (Wildman–Crippen LogP) is 7.04. The highest BCUT2D eigenvalue weighted by Crippen LogP contribution is 2.43. The molecule has 3 rings (SSSR count). The maximum atomic E-state index is 12.5. The van der Waals surface area contributed by atoms with Crippen molar-refractivity contribution in [3.8, 4) is 0 Å². The molecule has 0 saturated heterocycles. The zero-order chi connectivity index (χ0) is 20.3. The number of anilines is 4. The maximum Gasteiger partial charge on any atom is 0.171 e. The van der Waals surface area contributed by atoms with Crippen molar-refractivity contribution in [2.45, 2.75) is 46.7 Å². The summed E-state index contributed by atoms with van der Waals surface area (Å²) in [5.74, 6) is 0.101. The van der Waals surface area contributed by atoms with E-state index >= 15 is 0 Å². The van der Waals surface area contributed by atoms with E-state index in [1.807, 2.05) is 24.3 Å². The van der Waals surface area contributed by atoms with E-state index in [0.717, 1.165) is 26.9 Å². The Labute approximate surface area is 172 Å². The molecule has 0 N–H and O–H groups in total. The van der Waals surface area contributed by atoms with Crippen LogP contribution in [0.25, 0.3) is 0 Å². The number of benzene rings is 2. The molecule has 0 atom stereocenters. The monoisotopic (exact) mass is 392 g/mol. The summed E-state index contributed by atoms with van der Waals surface area (Å²) in [5, 5.41) is 1.09. The number of thiophene rings is 1. The Bertz CT molecular complexity index is 916. The van der Waals surface area contributed by atoms with Gasteiger partial charge in [-0.3, -0.25) is 4.79 Å². The number of Topliss-reactive ketones (excluding diaryl/α,β-unsaturated/α-hetero) is 1. The van der Waals surface area contributed by atoms with Crippen molar-refractivity contribution in [3.63, 3.8) is 0 Å². The first-order valence-electron chi connectivity index (χ1n) is 9.73. The summed E-state index contributed by atoms with van der Waals surface area (Å²) >= 11 is 1.57. The molecule has 0 aliphatic heterocycles. The van der Waals surface area contributed by atoms with Gasteiger partial charge in [-0.1, -0.05) is 36.4 Å². The summed E-state index contributed by atoms with van der Waals surface area (Å²) < 4.78 is 0. The lowest BCUT2D eigenvalue weighted by Gasteiger charge is -2.29. The highest BCUT2D eigenvalue weighted by molar-refractivity contribution is 7.18. The molecule has 2 aromatic carbocycles. The third-order valence-corrected chi connectivity index (χ3v) is 5.84. The van der Waals surface area contributed by atoms with Gasteiger partial charge in [0.1, 0.15) is 0 Å². The Hall–Kier alpha value is -2.59. The number of nitrogens with zero attached hydrogens (tertiary/aromatic N) is 2. The molecule has 4 heteroatoms. The fraction of sp³-hybridized carbons (Fsp3) is 0.292. The number of hydrogen-bond donors (Lipinski definition) is 0. The molecule has 3 aromatic rings. The zero-order valence-electron chi connectivity index (χ0n) is 17.2. The van der Waals surface area contributed by atoms with Crippen LogP contribution in [0.1, 0.15) is 44.3 Å². The van der Waals surface area contributed by atoms with Gasteiger partial charge < -0.3 is 9.80 Å². The van der Waals surface area contributed by atoms with Crippen molar-refractivity contribution in [2.24, 2.45) is 0 Å². The molecule has 146 valence electrons. The second-order valence-electron chi connectivity index (χ2n) is 7.45. The van der Waals surface area contributed by atoms with Gasteiger partial charge in [0.05, 0.1) is 15.6 Å². The van der Waals surface area contributed by atoms with Crippen molar-refractivity contribution in [2.75, 3.05) is 9.80 Å². The molecule has 0 spiro atoms. The average Bonchev–Trinajstić information content (AvgIpc) is 3.07. The maximum absolute atomic E-state index is 12.5. The van der Waals surface area contributed by atoms with Crippen LogP contribution in [0.3, 0.4) is 0 Å². The van der Waals surface area contributed by atoms with Crippen LogP contribution >= 0.6 is 11.3 Å². The summed E-state index contributed by atoms with van der Waals surface area (Å²) in [5.41, 5.74) is 3.21. The molecular weight excluding hydrogens is 364 g/mol. The molecule has 3 nitrogen and oxygen atoms in total. The van der Waals surface area contributed by atoms with Crippen molar-refractivity contribution >= 4 is 39.2 Å². The molecule has 0 aliphatic rings. The van der Waals surface area contributed by atoms with E-state index in [-0.39, 0.29) is 17.9 Å². The fourth-order valence-electron chi connectivity index (χ4n) is 3.49. The van der Waals surface area contributed by atoms with Crippen molar-refractivity contribution in [1.29, 1.82) is 0 Å². The molecule has 1 heterocycles. The molecule has 0 amide bonds. The van der Waals surface area contributed by atoms with E-state index in [4.69, 9.17) is 0 Å². The Kier molecular flexibility index (Phi) is 6.20. The van der Waals surface area contributed by atoms with Crippen LogP contribution in [0.2, 0.25) is 0 Å². The van der Waals surface area contributed by atoms with Crippen molar-refractivity contribution < 1.29 is 4.79 Å². The largest absolute Gasteiger partial charge is 0.338 e.